The van der Waals surface area contributed by atoms with Gasteiger partial charge in [0.25, 0.3) is 5.91 Å². The van der Waals surface area contributed by atoms with Gasteiger partial charge in [-0.3, -0.25) is 4.79 Å². The molecule has 0 saturated heterocycles. The van der Waals surface area contributed by atoms with Crippen molar-refractivity contribution in [3.63, 3.8) is 0 Å². The molecule has 9 heteroatoms. The van der Waals surface area contributed by atoms with E-state index in [-0.39, 0.29) is 29.0 Å². The van der Waals surface area contributed by atoms with E-state index >= 15 is 0 Å². The Morgan fingerprint density at radius 2 is 2.04 bits per heavy atom. The predicted octanol–water partition coefficient (Wildman–Crippen LogP) is 2.48. The molecule has 2 aromatic rings. The highest BCUT2D eigenvalue weighted by Crippen LogP contribution is 2.29. The summed E-state index contributed by atoms with van der Waals surface area (Å²) in [6.45, 7) is -2.31. The van der Waals surface area contributed by atoms with Crippen molar-refractivity contribution in [1.82, 2.24) is 0 Å². The van der Waals surface area contributed by atoms with Crippen LogP contribution in [-0.4, -0.2) is 33.2 Å². The predicted molar refractivity (Wildman–Crippen MR) is 99.9 cm³/mol. The summed E-state index contributed by atoms with van der Waals surface area (Å²) in [4.78, 5) is 13.1. The zero-order chi connectivity index (χ0) is 20.7. The van der Waals surface area contributed by atoms with Gasteiger partial charge in [-0.25, -0.2) is 0 Å². The molecule has 0 aliphatic rings. The number of anilines is 1. The number of alkyl halides is 2. The van der Waals surface area contributed by atoms with Crippen LogP contribution >= 0.6 is 11.6 Å². The Kier molecular flexibility index (Phi) is 7.55. The van der Waals surface area contributed by atoms with Crippen LogP contribution in [0.3, 0.4) is 0 Å². The fraction of sp³-hybridized carbons (Fsp3) is 0.263. The average Bonchev–Trinajstić information content (AvgIpc) is 2.62. The minimum Gasteiger partial charge on any atom is -0.493 e. The molecule has 2 rings (SSSR count). The Morgan fingerprint density at radius 3 is 2.64 bits per heavy atom. The number of benzene rings is 2. The number of nitriles is 1. The molecule has 0 saturated carbocycles. The maximum atomic E-state index is 12.4. The second kappa shape index (κ2) is 9.88. The maximum absolute atomic E-state index is 12.4. The van der Waals surface area contributed by atoms with Crippen molar-refractivity contribution >= 4 is 23.2 Å². The highest BCUT2D eigenvalue weighted by Gasteiger charge is 2.15. The van der Waals surface area contributed by atoms with Gasteiger partial charge in [-0.15, -0.1) is 0 Å². The third kappa shape index (κ3) is 6.08. The molecule has 0 fully saturated rings. The zero-order valence-corrected chi connectivity index (χ0v) is 16.0. The van der Waals surface area contributed by atoms with E-state index in [1.807, 2.05) is 13.1 Å². The van der Waals surface area contributed by atoms with Crippen LogP contribution in [0.25, 0.3) is 0 Å². The number of hydrogen-bond acceptors (Lipinski definition) is 4. The molecule has 1 amide bonds. The van der Waals surface area contributed by atoms with Crippen LogP contribution < -0.4 is 19.7 Å². The Hall–Kier alpha value is -2.89. The molecule has 1 atom stereocenters. The molecule has 6 nitrogen and oxygen atoms in total. The van der Waals surface area contributed by atoms with E-state index in [4.69, 9.17) is 21.6 Å². The Bertz CT molecular complexity index is 887. The van der Waals surface area contributed by atoms with Crippen molar-refractivity contribution in [2.75, 3.05) is 26.0 Å². The number of amides is 1. The third-order valence-corrected chi connectivity index (χ3v) is 4.10. The van der Waals surface area contributed by atoms with Crippen molar-refractivity contribution in [2.24, 2.45) is 0 Å². The molecule has 28 heavy (non-hydrogen) atoms. The first kappa shape index (κ1) is 21.4. The highest BCUT2D eigenvalue weighted by atomic mass is 35.5. The molecule has 2 N–H and O–H groups in total. The number of methoxy groups -OCH3 is 1. The van der Waals surface area contributed by atoms with Gasteiger partial charge >= 0.3 is 6.61 Å². The summed E-state index contributed by atoms with van der Waals surface area (Å²) in [5.41, 5.74) is 1.62. The largest absolute Gasteiger partial charge is 0.493 e. The zero-order valence-electron chi connectivity index (χ0n) is 15.3. The summed E-state index contributed by atoms with van der Waals surface area (Å²) in [5.74, 6) is -0.0838. The molecular weight excluding hydrogens is 392 g/mol. The van der Waals surface area contributed by atoms with Crippen molar-refractivity contribution in [1.29, 1.82) is 5.26 Å². The molecule has 0 radical (unpaired) electrons. The molecule has 1 unspecified atom stereocenters. The number of nitrogens with one attached hydrogen (secondary N) is 2. The van der Waals surface area contributed by atoms with Crippen LogP contribution in [0.2, 0.25) is 5.02 Å². The summed E-state index contributed by atoms with van der Waals surface area (Å²) >= 11 is 5.95. The first-order valence-corrected chi connectivity index (χ1v) is 8.62. The lowest BCUT2D eigenvalue weighted by molar-refractivity contribution is -0.885. The van der Waals surface area contributed by atoms with Crippen molar-refractivity contribution in [3.8, 4) is 17.6 Å². The molecule has 0 heterocycles. The molecule has 0 bridgehead atoms. The van der Waals surface area contributed by atoms with E-state index in [0.717, 1.165) is 10.5 Å². The number of likely N-dealkylation sites (N-methyl/N-ethyl adjacent to an activating group) is 1. The normalized spacial score (nSPS) is 11.6. The summed E-state index contributed by atoms with van der Waals surface area (Å²) in [6, 6.07) is 11.2. The average molecular weight is 411 g/mol. The molecule has 0 aromatic heterocycles. The molecule has 0 aliphatic carbocycles. The summed E-state index contributed by atoms with van der Waals surface area (Å²) in [7, 11) is 3.19. The Labute approximate surface area is 166 Å². The highest BCUT2D eigenvalue weighted by molar-refractivity contribution is 6.32. The number of halogens is 3. The van der Waals surface area contributed by atoms with Gasteiger partial charge in [0.15, 0.2) is 18.0 Å². The smallest absolute Gasteiger partial charge is 0.387 e. The molecule has 0 aliphatic heterocycles. The second-order valence-electron chi connectivity index (χ2n) is 6.03. The number of carbonyl (C=O) groups is 1. The number of nitrogens with zero attached hydrogens (tertiary/aromatic N) is 1. The first-order valence-electron chi connectivity index (χ1n) is 8.25. The van der Waals surface area contributed by atoms with Crippen LogP contribution in [0.15, 0.2) is 36.4 Å². The number of carbonyl (C=O) groups excluding carboxylic acids is 1. The van der Waals surface area contributed by atoms with Crippen LogP contribution in [0, 0.1) is 11.3 Å². The van der Waals surface area contributed by atoms with Gasteiger partial charge in [0.2, 0.25) is 0 Å². The van der Waals surface area contributed by atoms with Gasteiger partial charge in [0.1, 0.15) is 12.6 Å². The standard InChI is InChI=1S/C19H18ClF2N3O3/c1-25(10-12-3-6-16(28-19(21)22)17(7-12)27-2)11-18(26)24-14-5-4-13(9-23)15(20)8-14/h3-8,19H,10-11H2,1-2H3,(H,24,26)/p+1. The number of hydrogen-bond donors (Lipinski definition) is 2. The van der Waals surface area contributed by atoms with Crippen LogP contribution in [0.5, 0.6) is 11.5 Å². The summed E-state index contributed by atoms with van der Waals surface area (Å²) in [5, 5.41) is 11.9. The number of quaternary nitrogens is 1. The van der Waals surface area contributed by atoms with Gasteiger partial charge < -0.3 is 19.7 Å². The molecular formula is C19H19ClF2N3O3+. The topological polar surface area (TPSA) is 75.8 Å². The van der Waals surface area contributed by atoms with E-state index < -0.39 is 6.61 Å². The maximum Gasteiger partial charge on any atom is 0.387 e. The van der Waals surface area contributed by atoms with Gasteiger partial charge in [0.05, 0.1) is 24.7 Å². The first-order chi connectivity index (χ1) is 13.3. The lowest BCUT2D eigenvalue weighted by Crippen LogP contribution is -3.08. The fourth-order valence-corrected chi connectivity index (χ4v) is 2.81. The van der Waals surface area contributed by atoms with Gasteiger partial charge in [-0.1, -0.05) is 11.6 Å². The fourth-order valence-electron chi connectivity index (χ4n) is 2.59. The van der Waals surface area contributed by atoms with Crippen molar-refractivity contribution in [2.45, 2.75) is 13.2 Å². The Balaban J connectivity index is 1.96. The van der Waals surface area contributed by atoms with E-state index in [0.29, 0.717) is 17.8 Å². The monoisotopic (exact) mass is 410 g/mol. The lowest BCUT2D eigenvalue weighted by Gasteiger charge is -2.16. The van der Waals surface area contributed by atoms with E-state index in [1.165, 1.54) is 25.3 Å². The minimum atomic E-state index is -2.94. The lowest BCUT2D eigenvalue weighted by atomic mass is 10.2. The summed E-state index contributed by atoms with van der Waals surface area (Å²) < 4.78 is 34.2. The van der Waals surface area contributed by atoms with Crippen LogP contribution in [0.1, 0.15) is 11.1 Å². The molecule has 148 valence electrons. The SMILES string of the molecule is COc1cc(C[NH+](C)CC(=O)Nc2ccc(C#N)c(Cl)c2)ccc1OC(F)F. The van der Waals surface area contributed by atoms with Crippen LogP contribution in [-0.2, 0) is 11.3 Å². The molecule has 0 spiro atoms. The van der Waals surface area contributed by atoms with Crippen LogP contribution in [0.4, 0.5) is 14.5 Å². The van der Waals surface area contributed by atoms with E-state index in [1.54, 1.807) is 18.2 Å². The van der Waals surface area contributed by atoms with E-state index in [2.05, 4.69) is 10.1 Å². The molecule has 2 aromatic carbocycles. The van der Waals surface area contributed by atoms with Crippen molar-refractivity contribution in [3.05, 3.63) is 52.5 Å². The minimum absolute atomic E-state index is 0.0469. The van der Waals surface area contributed by atoms with Gasteiger partial charge in [-0.2, -0.15) is 14.0 Å². The Morgan fingerprint density at radius 1 is 1.29 bits per heavy atom. The number of rotatable bonds is 8. The van der Waals surface area contributed by atoms with Gasteiger partial charge in [0, 0.05) is 11.3 Å². The number of ether oxygens (including phenoxy) is 2. The quantitative estimate of drug-likeness (QED) is 0.701. The third-order valence-electron chi connectivity index (χ3n) is 3.79. The second-order valence-corrected chi connectivity index (χ2v) is 6.44. The van der Waals surface area contributed by atoms with Crippen molar-refractivity contribution < 1.29 is 27.9 Å². The van der Waals surface area contributed by atoms with Gasteiger partial charge in [-0.05, 0) is 36.4 Å². The summed E-state index contributed by atoms with van der Waals surface area (Å²) in [6.07, 6.45) is 0. The van der Waals surface area contributed by atoms with E-state index in [9.17, 15) is 13.6 Å².